The van der Waals surface area contributed by atoms with E-state index in [1.807, 2.05) is 6.92 Å². The number of rotatable bonds is 7. The lowest BCUT2D eigenvalue weighted by atomic mass is 10.1. The number of piperidine rings is 1. The lowest BCUT2D eigenvalue weighted by Crippen LogP contribution is -2.56. The Labute approximate surface area is 218 Å². The number of aryl methyl sites for hydroxylation is 1. The Morgan fingerprint density at radius 3 is 1.95 bits per heavy atom. The van der Waals surface area contributed by atoms with E-state index in [-0.39, 0.29) is 29.7 Å². The van der Waals surface area contributed by atoms with Crippen molar-refractivity contribution < 1.29 is 28.7 Å². The number of halogens is 1. The standard InChI is InChI=1S/C28H23ClN2O6/c1-18-5-7-21(8-6-18)28(36)37-23-15-11-19(12-16-23)24(32)17-30(31-25(33)3-2-4-26(31)34)27(35)20-9-13-22(29)14-10-20/h5-16H,2-4,17H2,1H3. The lowest BCUT2D eigenvalue weighted by Gasteiger charge is -2.35. The predicted octanol–water partition coefficient (Wildman–Crippen LogP) is 4.65. The number of imide groups is 1. The fraction of sp³-hybridized carbons (Fsp3) is 0.179. The number of esters is 1. The maximum Gasteiger partial charge on any atom is 0.343 e. The molecular formula is C28H23ClN2O6. The van der Waals surface area contributed by atoms with Gasteiger partial charge in [0.15, 0.2) is 5.78 Å². The molecule has 4 rings (SSSR count). The first-order valence-electron chi connectivity index (χ1n) is 11.6. The fourth-order valence-electron chi connectivity index (χ4n) is 3.78. The predicted molar refractivity (Wildman–Crippen MR) is 135 cm³/mol. The van der Waals surface area contributed by atoms with E-state index in [0.29, 0.717) is 17.0 Å². The van der Waals surface area contributed by atoms with Gasteiger partial charge in [-0.25, -0.2) is 9.80 Å². The molecule has 37 heavy (non-hydrogen) atoms. The summed E-state index contributed by atoms with van der Waals surface area (Å²) in [5, 5.41) is 2.05. The molecule has 3 amide bonds. The molecule has 3 aromatic carbocycles. The van der Waals surface area contributed by atoms with E-state index in [4.69, 9.17) is 16.3 Å². The average Bonchev–Trinajstić information content (AvgIpc) is 2.88. The van der Waals surface area contributed by atoms with Crippen LogP contribution in [0.5, 0.6) is 5.75 Å². The first-order chi connectivity index (χ1) is 17.7. The van der Waals surface area contributed by atoms with Crippen molar-refractivity contribution in [2.24, 2.45) is 0 Å². The third kappa shape index (κ3) is 6.10. The van der Waals surface area contributed by atoms with E-state index >= 15 is 0 Å². The molecule has 0 unspecified atom stereocenters. The summed E-state index contributed by atoms with van der Waals surface area (Å²) in [7, 11) is 0. The molecule has 0 aliphatic carbocycles. The number of carbonyl (C=O) groups excluding carboxylic acids is 5. The van der Waals surface area contributed by atoms with Crippen LogP contribution in [0, 0.1) is 6.92 Å². The molecule has 9 heteroatoms. The largest absolute Gasteiger partial charge is 0.423 e. The number of amides is 3. The van der Waals surface area contributed by atoms with Crippen LogP contribution in [0.4, 0.5) is 0 Å². The molecule has 0 aromatic heterocycles. The number of ether oxygens (including phenoxy) is 1. The molecule has 0 atom stereocenters. The molecule has 1 fully saturated rings. The van der Waals surface area contributed by atoms with Gasteiger partial charge < -0.3 is 4.74 Å². The van der Waals surface area contributed by atoms with Gasteiger partial charge in [0.1, 0.15) is 12.3 Å². The molecular weight excluding hydrogens is 496 g/mol. The minimum Gasteiger partial charge on any atom is -0.423 e. The van der Waals surface area contributed by atoms with Crippen LogP contribution >= 0.6 is 11.6 Å². The summed E-state index contributed by atoms with van der Waals surface area (Å²) in [4.78, 5) is 63.9. The SMILES string of the molecule is Cc1ccc(C(=O)Oc2ccc(C(=O)CN(C(=O)c3ccc(Cl)cc3)N3C(=O)CCCC3=O)cc2)cc1. The summed E-state index contributed by atoms with van der Waals surface area (Å²) in [6.07, 6.45) is 0.560. The summed E-state index contributed by atoms with van der Waals surface area (Å²) < 4.78 is 5.36. The van der Waals surface area contributed by atoms with Gasteiger partial charge in [0, 0.05) is 29.0 Å². The highest BCUT2D eigenvalue weighted by atomic mass is 35.5. The smallest absolute Gasteiger partial charge is 0.343 e. The minimum atomic E-state index is -0.683. The van der Waals surface area contributed by atoms with Crippen molar-refractivity contribution in [3.8, 4) is 5.75 Å². The van der Waals surface area contributed by atoms with Crippen molar-refractivity contribution in [2.45, 2.75) is 26.2 Å². The molecule has 3 aromatic rings. The van der Waals surface area contributed by atoms with Gasteiger partial charge >= 0.3 is 5.97 Å². The van der Waals surface area contributed by atoms with Gasteiger partial charge in [-0.3, -0.25) is 19.2 Å². The lowest BCUT2D eigenvalue weighted by molar-refractivity contribution is -0.162. The third-order valence-electron chi connectivity index (χ3n) is 5.79. The summed E-state index contributed by atoms with van der Waals surface area (Å²) in [6.45, 7) is 1.37. The maximum atomic E-state index is 13.3. The van der Waals surface area contributed by atoms with E-state index in [9.17, 15) is 24.0 Å². The number of ketones is 1. The Hall–Kier alpha value is -4.30. The molecule has 188 valence electrons. The second kappa shape index (κ2) is 11.2. The van der Waals surface area contributed by atoms with E-state index in [1.165, 1.54) is 48.5 Å². The highest BCUT2D eigenvalue weighted by Crippen LogP contribution is 2.21. The molecule has 0 N–H and O–H groups in total. The van der Waals surface area contributed by atoms with Crippen LogP contribution in [0.25, 0.3) is 0 Å². The number of Topliss-reactive ketones (excluding diaryl/α,β-unsaturated/α-hetero) is 1. The normalized spacial score (nSPS) is 13.3. The zero-order valence-electron chi connectivity index (χ0n) is 20.0. The third-order valence-corrected chi connectivity index (χ3v) is 6.04. The molecule has 1 saturated heterocycles. The van der Waals surface area contributed by atoms with Gasteiger partial charge in [0.25, 0.3) is 5.91 Å². The van der Waals surface area contributed by atoms with Crippen molar-refractivity contribution in [3.05, 3.63) is 100 Å². The first-order valence-corrected chi connectivity index (χ1v) is 12.0. The molecule has 1 aliphatic heterocycles. The van der Waals surface area contributed by atoms with Crippen LogP contribution in [0.3, 0.4) is 0 Å². The molecule has 0 radical (unpaired) electrons. The Balaban J connectivity index is 1.52. The number of benzene rings is 3. The molecule has 0 bridgehead atoms. The van der Waals surface area contributed by atoms with Crippen LogP contribution < -0.4 is 4.74 Å². The molecule has 8 nitrogen and oxygen atoms in total. The van der Waals surface area contributed by atoms with Gasteiger partial charge in [-0.1, -0.05) is 29.3 Å². The number of hydrazine groups is 1. The monoisotopic (exact) mass is 518 g/mol. The fourth-order valence-corrected chi connectivity index (χ4v) is 3.90. The average molecular weight is 519 g/mol. The highest BCUT2D eigenvalue weighted by Gasteiger charge is 2.36. The van der Waals surface area contributed by atoms with Crippen molar-refractivity contribution in [1.29, 1.82) is 0 Å². The number of hydrogen-bond donors (Lipinski definition) is 0. The van der Waals surface area contributed by atoms with Crippen LogP contribution in [-0.4, -0.2) is 46.0 Å². The number of hydrogen-bond acceptors (Lipinski definition) is 6. The van der Waals surface area contributed by atoms with E-state index in [2.05, 4.69) is 0 Å². The second-order valence-corrected chi connectivity index (χ2v) is 8.96. The van der Waals surface area contributed by atoms with Crippen LogP contribution in [0.15, 0.2) is 72.8 Å². The Kier molecular flexibility index (Phi) is 7.79. The van der Waals surface area contributed by atoms with Gasteiger partial charge in [-0.2, -0.15) is 5.01 Å². The Morgan fingerprint density at radius 2 is 1.35 bits per heavy atom. The quantitative estimate of drug-likeness (QED) is 0.195. The van der Waals surface area contributed by atoms with Crippen LogP contribution in [-0.2, 0) is 9.59 Å². The van der Waals surface area contributed by atoms with Gasteiger partial charge in [-0.05, 0) is 74.0 Å². The summed E-state index contributed by atoms with van der Waals surface area (Å²) in [5.74, 6) is -2.60. The second-order valence-electron chi connectivity index (χ2n) is 8.53. The minimum absolute atomic E-state index is 0.0887. The van der Waals surface area contributed by atoms with Crippen LogP contribution in [0.1, 0.15) is 55.9 Å². The zero-order chi connectivity index (χ0) is 26.5. The number of nitrogens with zero attached hydrogens (tertiary/aromatic N) is 2. The van der Waals surface area contributed by atoms with E-state index < -0.39 is 36.0 Å². The molecule has 0 saturated carbocycles. The van der Waals surface area contributed by atoms with Gasteiger partial charge in [0.05, 0.1) is 5.56 Å². The Bertz CT molecular complexity index is 1330. The topological polar surface area (TPSA) is 101 Å². The highest BCUT2D eigenvalue weighted by molar-refractivity contribution is 6.30. The maximum absolute atomic E-state index is 13.3. The molecule has 1 heterocycles. The van der Waals surface area contributed by atoms with Gasteiger partial charge in [-0.15, -0.1) is 0 Å². The summed E-state index contributed by atoms with van der Waals surface area (Å²) in [5.41, 5.74) is 1.77. The summed E-state index contributed by atoms with van der Waals surface area (Å²) in [6, 6.07) is 18.7. The van der Waals surface area contributed by atoms with Crippen molar-refractivity contribution in [2.75, 3.05) is 6.54 Å². The first kappa shape index (κ1) is 25.8. The molecule has 0 spiro atoms. The van der Waals surface area contributed by atoms with E-state index in [0.717, 1.165) is 15.6 Å². The zero-order valence-corrected chi connectivity index (χ0v) is 20.7. The number of carbonyl (C=O) groups is 5. The van der Waals surface area contributed by atoms with Gasteiger partial charge in [0.2, 0.25) is 11.8 Å². The van der Waals surface area contributed by atoms with Crippen molar-refractivity contribution in [3.63, 3.8) is 0 Å². The van der Waals surface area contributed by atoms with Crippen molar-refractivity contribution in [1.82, 2.24) is 10.0 Å². The van der Waals surface area contributed by atoms with E-state index in [1.54, 1.807) is 24.3 Å². The van der Waals surface area contributed by atoms with Crippen LogP contribution in [0.2, 0.25) is 5.02 Å². The Morgan fingerprint density at radius 1 is 0.811 bits per heavy atom. The summed E-state index contributed by atoms with van der Waals surface area (Å²) >= 11 is 5.91. The van der Waals surface area contributed by atoms with Crippen molar-refractivity contribution >= 4 is 41.1 Å². The molecule has 1 aliphatic rings.